The van der Waals surface area contributed by atoms with Crippen LogP contribution in [0.4, 0.5) is 5.69 Å². The van der Waals surface area contributed by atoms with Gasteiger partial charge in [-0.1, -0.05) is 18.2 Å². The summed E-state index contributed by atoms with van der Waals surface area (Å²) in [5, 5.41) is 4.41. The van der Waals surface area contributed by atoms with Crippen molar-refractivity contribution in [1.29, 1.82) is 0 Å². The fourth-order valence-corrected chi connectivity index (χ4v) is 2.79. The normalized spacial score (nSPS) is 15.7. The Bertz CT molecular complexity index is 601. The summed E-state index contributed by atoms with van der Waals surface area (Å²) in [5.41, 5.74) is 4.78. The molecular weight excluding hydrogens is 272 g/mol. The molecule has 2 aromatic rings. The van der Waals surface area contributed by atoms with Crippen molar-refractivity contribution in [3.63, 3.8) is 0 Å². The van der Waals surface area contributed by atoms with Crippen molar-refractivity contribution < 1.29 is 0 Å². The second-order valence-corrected chi connectivity index (χ2v) is 5.90. The van der Waals surface area contributed by atoms with Crippen LogP contribution in [0.25, 0.3) is 11.3 Å². The molecular formula is C18H23N4. The lowest BCUT2D eigenvalue weighted by Gasteiger charge is -2.26. The standard InChI is InChI=1S/C18H23N4/c1-21(2)17-7-5-15(6-8-17)18-16(4-3-9-20-18)14-22-12-10-19-11-13-22/h3-9H,10-14H2,1-2H3. The molecule has 22 heavy (non-hydrogen) atoms. The van der Waals surface area contributed by atoms with Crippen LogP contribution in [-0.4, -0.2) is 50.2 Å². The van der Waals surface area contributed by atoms with Crippen LogP contribution in [0.1, 0.15) is 5.56 Å². The molecule has 1 aliphatic rings. The predicted molar refractivity (Wildman–Crippen MR) is 91.1 cm³/mol. The highest BCUT2D eigenvalue weighted by atomic mass is 15.2. The Hall–Kier alpha value is -1.91. The lowest BCUT2D eigenvalue weighted by atomic mass is 10.0. The number of hydrogen-bond donors (Lipinski definition) is 0. The average Bonchev–Trinajstić information content (AvgIpc) is 2.56. The van der Waals surface area contributed by atoms with Gasteiger partial charge in [-0.05, 0) is 23.8 Å². The van der Waals surface area contributed by atoms with Crippen molar-refractivity contribution in [2.45, 2.75) is 6.54 Å². The van der Waals surface area contributed by atoms with Crippen LogP contribution in [-0.2, 0) is 6.54 Å². The fourth-order valence-electron chi connectivity index (χ4n) is 2.79. The fraction of sp³-hybridized carbons (Fsp3) is 0.389. The molecule has 115 valence electrons. The molecule has 0 unspecified atom stereocenters. The summed E-state index contributed by atoms with van der Waals surface area (Å²) >= 11 is 0. The minimum atomic E-state index is 0.952. The number of pyridine rings is 1. The van der Waals surface area contributed by atoms with E-state index in [1.54, 1.807) is 0 Å². The third-order valence-electron chi connectivity index (χ3n) is 4.09. The van der Waals surface area contributed by atoms with Gasteiger partial charge < -0.3 is 4.90 Å². The van der Waals surface area contributed by atoms with E-state index in [0.717, 1.165) is 38.4 Å². The van der Waals surface area contributed by atoms with Crippen molar-refractivity contribution in [1.82, 2.24) is 15.2 Å². The van der Waals surface area contributed by atoms with E-state index >= 15 is 0 Å². The lowest BCUT2D eigenvalue weighted by molar-refractivity contribution is 0.231. The third-order valence-corrected chi connectivity index (χ3v) is 4.09. The van der Waals surface area contributed by atoms with Gasteiger partial charge >= 0.3 is 0 Å². The Morgan fingerprint density at radius 1 is 1.05 bits per heavy atom. The summed E-state index contributed by atoms with van der Waals surface area (Å²) in [4.78, 5) is 9.20. The van der Waals surface area contributed by atoms with E-state index in [4.69, 9.17) is 0 Å². The van der Waals surface area contributed by atoms with Gasteiger partial charge in [0.1, 0.15) is 0 Å². The van der Waals surface area contributed by atoms with Gasteiger partial charge in [-0.3, -0.25) is 9.88 Å². The Labute approximate surface area is 132 Å². The molecule has 1 aromatic carbocycles. The molecule has 0 N–H and O–H groups in total. The quantitative estimate of drug-likeness (QED) is 0.867. The number of aromatic nitrogens is 1. The predicted octanol–water partition coefficient (Wildman–Crippen LogP) is 2.23. The van der Waals surface area contributed by atoms with E-state index in [0.29, 0.717) is 0 Å². The molecule has 4 nitrogen and oxygen atoms in total. The minimum absolute atomic E-state index is 0.952. The summed E-state index contributed by atoms with van der Waals surface area (Å²) in [7, 11) is 4.12. The monoisotopic (exact) mass is 295 g/mol. The second kappa shape index (κ2) is 6.90. The largest absolute Gasteiger partial charge is 0.378 e. The average molecular weight is 295 g/mol. The van der Waals surface area contributed by atoms with Gasteiger partial charge in [0.2, 0.25) is 0 Å². The molecule has 0 spiro atoms. The highest BCUT2D eigenvalue weighted by Crippen LogP contribution is 2.24. The summed E-state index contributed by atoms with van der Waals surface area (Å²) in [6.07, 6.45) is 1.88. The number of hydrogen-bond acceptors (Lipinski definition) is 3. The molecule has 1 aromatic heterocycles. The smallest absolute Gasteiger partial charge is 0.0746 e. The first-order valence-electron chi connectivity index (χ1n) is 7.81. The number of anilines is 1. The van der Waals surface area contributed by atoms with E-state index < -0.39 is 0 Å². The first-order valence-corrected chi connectivity index (χ1v) is 7.81. The van der Waals surface area contributed by atoms with Crippen molar-refractivity contribution in [3.8, 4) is 11.3 Å². The maximum atomic E-state index is 4.63. The summed E-state index contributed by atoms with van der Waals surface area (Å²) in [5.74, 6) is 0. The topological polar surface area (TPSA) is 33.5 Å². The zero-order chi connectivity index (χ0) is 15.4. The van der Waals surface area contributed by atoms with Crippen molar-refractivity contribution >= 4 is 5.69 Å². The summed E-state index contributed by atoms with van der Waals surface area (Å²) in [6.45, 7) is 4.95. The van der Waals surface area contributed by atoms with E-state index in [1.807, 2.05) is 12.3 Å². The minimum Gasteiger partial charge on any atom is -0.378 e. The lowest BCUT2D eigenvalue weighted by Crippen LogP contribution is -2.39. The van der Waals surface area contributed by atoms with E-state index in [-0.39, 0.29) is 0 Å². The third kappa shape index (κ3) is 3.46. The second-order valence-electron chi connectivity index (χ2n) is 5.90. The summed E-state index contributed by atoms with van der Waals surface area (Å²) in [6, 6.07) is 12.8. The molecule has 1 radical (unpaired) electrons. The highest BCUT2D eigenvalue weighted by molar-refractivity contribution is 5.65. The van der Waals surface area contributed by atoms with Gasteiger partial charge in [0, 0.05) is 64.3 Å². The maximum absolute atomic E-state index is 4.63. The van der Waals surface area contributed by atoms with Gasteiger partial charge in [-0.2, -0.15) is 0 Å². The molecule has 0 saturated carbocycles. The number of piperazine rings is 1. The molecule has 3 rings (SSSR count). The van der Waals surface area contributed by atoms with Crippen molar-refractivity contribution in [2.24, 2.45) is 0 Å². The molecule has 0 amide bonds. The van der Waals surface area contributed by atoms with Crippen molar-refractivity contribution in [2.75, 3.05) is 45.2 Å². The Morgan fingerprint density at radius 2 is 1.77 bits per heavy atom. The number of benzene rings is 1. The molecule has 4 heteroatoms. The zero-order valence-electron chi connectivity index (χ0n) is 13.4. The molecule has 0 bridgehead atoms. The molecule has 1 saturated heterocycles. The first kappa shape index (κ1) is 15.0. The van der Waals surface area contributed by atoms with E-state index in [1.165, 1.54) is 16.8 Å². The Morgan fingerprint density at radius 3 is 2.45 bits per heavy atom. The van der Waals surface area contributed by atoms with E-state index in [9.17, 15) is 0 Å². The van der Waals surface area contributed by atoms with Gasteiger partial charge in [0.25, 0.3) is 0 Å². The zero-order valence-corrected chi connectivity index (χ0v) is 13.4. The maximum Gasteiger partial charge on any atom is 0.0746 e. The van der Waals surface area contributed by atoms with Crippen LogP contribution in [0.15, 0.2) is 42.6 Å². The van der Waals surface area contributed by atoms with Crippen LogP contribution in [0.3, 0.4) is 0 Å². The number of rotatable bonds is 4. The Balaban J connectivity index is 1.83. The molecule has 1 fully saturated rings. The summed E-state index contributed by atoms with van der Waals surface area (Å²) < 4.78 is 0. The van der Waals surface area contributed by atoms with Crippen LogP contribution >= 0.6 is 0 Å². The first-order chi connectivity index (χ1) is 10.7. The van der Waals surface area contributed by atoms with Crippen LogP contribution < -0.4 is 10.2 Å². The van der Waals surface area contributed by atoms with Crippen LogP contribution in [0.5, 0.6) is 0 Å². The van der Waals surface area contributed by atoms with Crippen LogP contribution in [0, 0.1) is 0 Å². The van der Waals surface area contributed by atoms with Gasteiger partial charge in [-0.25, -0.2) is 5.32 Å². The Kier molecular flexibility index (Phi) is 4.71. The number of nitrogens with zero attached hydrogens (tertiary/aromatic N) is 4. The molecule has 1 aliphatic heterocycles. The van der Waals surface area contributed by atoms with E-state index in [2.05, 4.69) is 64.5 Å². The van der Waals surface area contributed by atoms with Gasteiger partial charge in [0.05, 0.1) is 5.69 Å². The molecule has 2 heterocycles. The van der Waals surface area contributed by atoms with Crippen LogP contribution in [0.2, 0.25) is 0 Å². The van der Waals surface area contributed by atoms with Gasteiger partial charge in [0.15, 0.2) is 0 Å². The highest BCUT2D eigenvalue weighted by Gasteiger charge is 2.14. The SMILES string of the molecule is CN(C)c1ccc(-c2ncccc2CN2CC[N]CC2)cc1. The molecule has 0 aliphatic carbocycles. The van der Waals surface area contributed by atoms with Crippen molar-refractivity contribution in [3.05, 3.63) is 48.2 Å². The molecule has 0 atom stereocenters. The van der Waals surface area contributed by atoms with Gasteiger partial charge in [-0.15, -0.1) is 0 Å².